The third-order valence-corrected chi connectivity index (χ3v) is 9.76. The van der Waals surface area contributed by atoms with E-state index >= 15 is 0 Å². The van der Waals surface area contributed by atoms with Crippen LogP contribution in [0.1, 0.15) is 53.6 Å². The molecule has 2 aromatic carbocycles. The molecule has 2 bridgehead atoms. The first-order valence-corrected chi connectivity index (χ1v) is 15.8. The lowest BCUT2D eigenvalue weighted by Gasteiger charge is -2.35. The van der Waals surface area contributed by atoms with Gasteiger partial charge in [0.05, 0.1) is 11.6 Å². The van der Waals surface area contributed by atoms with E-state index in [2.05, 4.69) is 9.64 Å². The molecule has 234 valence electrons. The molecule has 2 atom stereocenters. The molecule has 2 aliphatic heterocycles. The molecule has 3 aliphatic rings. The number of benzene rings is 2. The largest absolute Gasteiger partial charge is 0.573 e. The molecule has 0 spiro atoms. The Morgan fingerprint density at radius 2 is 1.75 bits per heavy atom. The third kappa shape index (κ3) is 6.50. The number of alkyl halides is 3. The SMILES string of the molecule is Cc1ccc(OCc2ccc(C(=O)N3CCCCC3)cc2OC(F)(F)F)c(-c2csc(N3CC4CCC(C3)C4C(=O)O)n2)c1. The van der Waals surface area contributed by atoms with E-state index in [-0.39, 0.29) is 41.4 Å². The molecular weight excluding hydrogens is 595 g/mol. The van der Waals surface area contributed by atoms with Crippen molar-refractivity contribution in [1.82, 2.24) is 9.88 Å². The molecule has 2 unspecified atom stereocenters. The number of carbonyl (C=O) groups excluding carboxylic acids is 1. The fourth-order valence-corrected chi connectivity index (χ4v) is 7.59. The van der Waals surface area contributed by atoms with Gasteiger partial charge in [-0.05, 0) is 75.1 Å². The van der Waals surface area contributed by atoms with Crippen LogP contribution < -0.4 is 14.4 Å². The van der Waals surface area contributed by atoms with Crippen molar-refractivity contribution >= 4 is 28.3 Å². The second-order valence-electron chi connectivity index (χ2n) is 11.9. The number of aryl methyl sites for hydroxylation is 1. The number of halogens is 3. The highest BCUT2D eigenvalue weighted by Crippen LogP contribution is 2.44. The van der Waals surface area contributed by atoms with E-state index < -0.39 is 18.1 Å². The first kappa shape index (κ1) is 30.2. The van der Waals surface area contributed by atoms with Crippen LogP contribution in [0, 0.1) is 24.7 Å². The number of fused-ring (bicyclic) bond motifs is 2. The van der Waals surface area contributed by atoms with Crippen LogP contribution in [-0.4, -0.2) is 59.4 Å². The fourth-order valence-electron chi connectivity index (χ4n) is 6.75. The number of piperidine rings is 2. The van der Waals surface area contributed by atoms with E-state index in [1.54, 1.807) is 11.0 Å². The van der Waals surface area contributed by atoms with Gasteiger partial charge in [-0.3, -0.25) is 9.59 Å². The standard InChI is InChI=1S/C32H34F3N3O5S/c1-19-5-10-26(24(13-19)25-18-44-31(36-25)38-15-21-7-8-22(16-38)28(21)30(40)41)42-17-23-9-6-20(14-27(23)43-32(33,34)35)29(39)37-11-3-2-4-12-37/h5-6,9-10,13-14,18,21-22,28H,2-4,7-8,11-12,15-17H2,1H3,(H,40,41). The molecule has 1 aromatic heterocycles. The molecule has 1 saturated carbocycles. The molecule has 1 amide bonds. The van der Waals surface area contributed by atoms with Crippen molar-refractivity contribution in [1.29, 1.82) is 0 Å². The average Bonchev–Trinajstić information content (AvgIpc) is 3.59. The first-order chi connectivity index (χ1) is 21.1. The Kier molecular flexibility index (Phi) is 8.45. The Balaban J connectivity index is 1.21. The zero-order chi connectivity index (χ0) is 31.0. The fraction of sp³-hybridized carbons (Fsp3) is 0.469. The Morgan fingerprint density at radius 1 is 1.02 bits per heavy atom. The van der Waals surface area contributed by atoms with E-state index in [1.807, 2.05) is 24.4 Å². The van der Waals surface area contributed by atoms with Gasteiger partial charge in [0.25, 0.3) is 5.91 Å². The maximum atomic E-state index is 13.4. The molecule has 2 saturated heterocycles. The smallest absolute Gasteiger partial charge is 0.488 e. The summed E-state index contributed by atoms with van der Waals surface area (Å²) >= 11 is 1.48. The van der Waals surface area contributed by atoms with Gasteiger partial charge in [0.1, 0.15) is 18.1 Å². The van der Waals surface area contributed by atoms with Crippen LogP contribution in [0.5, 0.6) is 11.5 Å². The Bertz CT molecular complexity index is 1520. The van der Waals surface area contributed by atoms with Gasteiger partial charge in [-0.2, -0.15) is 0 Å². The molecule has 3 heterocycles. The van der Waals surface area contributed by atoms with Crippen molar-refractivity contribution in [3.8, 4) is 22.8 Å². The Hall–Kier alpha value is -3.80. The van der Waals surface area contributed by atoms with Crippen molar-refractivity contribution in [2.75, 3.05) is 31.1 Å². The van der Waals surface area contributed by atoms with Gasteiger partial charge in [0.2, 0.25) is 0 Å². The minimum Gasteiger partial charge on any atom is -0.488 e. The summed E-state index contributed by atoms with van der Waals surface area (Å²) < 4.78 is 50.5. The summed E-state index contributed by atoms with van der Waals surface area (Å²) in [5.41, 5.74) is 2.63. The summed E-state index contributed by atoms with van der Waals surface area (Å²) in [6.45, 7) is 4.17. The predicted molar refractivity (Wildman–Crippen MR) is 159 cm³/mol. The number of carboxylic acids is 1. The number of hydrogen-bond acceptors (Lipinski definition) is 7. The van der Waals surface area contributed by atoms with Crippen LogP contribution in [0.15, 0.2) is 41.8 Å². The lowest BCUT2D eigenvalue weighted by molar-refractivity contribution is -0.275. The molecule has 3 aromatic rings. The number of amides is 1. The normalized spacial score (nSPS) is 21.8. The zero-order valence-corrected chi connectivity index (χ0v) is 25.1. The number of hydrogen-bond donors (Lipinski definition) is 1. The molecule has 1 aliphatic carbocycles. The molecule has 1 N–H and O–H groups in total. The summed E-state index contributed by atoms with van der Waals surface area (Å²) in [6.07, 6.45) is -0.371. The third-order valence-electron chi connectivity index (χ3n) is 8.86. The number of ether oxygens (including phenoxy) is 2. The van der Waals surface area contributed by atoms with Gasteiger partial charge in [0, 0.05) is 48.2 Å². The summed E-state index contributed by atoms with van der Waals surface area (Å²) in [4.78, 5) is 33.4. The van der Waals surface area contributed by atoms with E-state index in [0.29, 0.717) is 43.2 Å². The Morgan fingerprint density at radius 3 is 2.43 bits per heavy atom. The monoisotopic (exact) mass is 629 g/mol. The van der Waals surface area contributed by atoms with E-state index in [1.165, 1.54) is 23.5 Å². The van der Waals surface area contributed by atoms with E-state index in [0.717, 1.165) is 48.9 Å². The summed E-state index contributed by atoms with van der Waals surface area (Å²) in [6, 6.07) is 9.65. The Labute approximate surface area is 257 Å². The zero-order valence-electron chi connectivity index (χ0n) is 24.3. The van der Waals surface area contributed by atoms with E-state index in [9.17, 15) is 27.9 Å². The second kappa shape index (κ2) is 12.3. The van der Waals surface area contributed by atoms with E-state index in [4.69, 9.17) is 9.72 Å². The van der Waals surface area contributed by atoms with Crippen LogP contribution in [0.25, 0.3) is 11.3 Å². The number of anilines is 1. The van der Waals surface area contributed by atoms with Gasteiger partial charge in [0.15, 0.2) is 5.13 Å². The summed E-state index contributed by atoms with van der Waals surface area (Å²) in [5.74, 6) is -1.15. The number of likely N-dealkylation sites (tertiary alicyclic amines) is 1. The van der Waals surface area contributed by atoms with Gasteiger partial charge in [-0.25, -0.2) is 4.98 Å². The molecule has 0 radical (unpaired) electrons. The van der Waals surface area contributed by atoms with Crippen molar-refractivity contribution in [3.63, 3.8) is 0 Å². The summed E-state index contributed by atoms with van der Waals surface area (Å²) in [7, 11) is 0. The number of carbonyl (C=O) groups is 2. The molecule has 44 heavy (non-hydrogen) atoms. The first-order valence-electron chi connectivity index (χ1n) is 14.9. The maximum Gasteiger partial charge on any atom is 0.573 e. The lowest BCUT2D eigenvalue weighted by Crippen LogP contribution is -2.44. The molecular formula is C32H34F3N3O5S. The lowest BCUT2D eigenvalue weighted by atomic mass is 9.85. The quantitative estimate of drug-likeness (QED) is 0.294. The molecule has 12 heteroatoms. The topological polar surface area (TPSA) is 92.2 Å². The number of thiazole rings is 1. The molecule has 3 fully saturated rings. The maximum absolute atomic E-state index is 13.4. The van der Waals surface area contributed by atoms with Crippen LogP contribution >= 0.6 is 11.3 Å². The highest BCUT2D eigenvalue weighted by Gasteiger charge is 2.46. The van der Waals surface area contributed by atoms with Crippen LogP contribution in [0.4, 0.5) is 18.3 Å². The number of nitrogens with zero attached hydrogens (tertiary/aromatic N) is 3. The van der Waals surface area contributed by atoms with Crippen LogP contribution in [-0.2, 0) is 11.4 Å². The van der Waals surface area contributed by atoms with Crippen molar-refractivity contribution in [3.05, 3.63) is 58.5 Å². The highest BCUT2D eigenvalue weighted by molar-refractivity contribution is 7.14. The van der Waals surface area contributed by atoms with Gasteiger partial charge in [-0.15, -0.1) is 24.5 Å². The number of aromatic nitrogens is 1. The predicted octanol–water partition coefficient (Wildman–Crippen LogP) is 6.77. The van der Waals surface area contributed by atoms with Crippen LogP contribution in [0.2, 0.25) is 0 Å². The second-order valence-corrected chi connectivity index (χ2v) is 12.7. The van der Waals surface area contributed by atoms with Crippen molar-refractivity contribution in [2.24, 2.45) is 17.8 Å². The molecule has 8 nitrogen and oxygen atoms in total. The summed E-state index contributed by atoms with van der Waals surface area (Å²) in [5, 5.41) is 12.4. The highest BCUT2D eigenvalue weighted by atomic mass is 32.1. The number of rotatable bonds is 8. The minimum atomic E-state index is -4.94. The van der Waals surface area contributed by atoms with Crippen molar-refractivity contribution in [2.45, 2.75) is 52.0 Å². The van der Waals surface area contributed by atoms with Crippen LogP contribution in [0.3, 0.4) is 0 Å². The number of aliphatic carboxylic acids is 1. The van der Waals surface area contributed by atoms with Gasteiger partial charge < -0.3 is 24.4 Å². The minimum absolute atomic E-state index is 0.103. The van der Waals surface area contributed by atoms with Gasteiger partial charge in [-0.1, -0.05) is 17.7 Å². The van der Waals surface area contributed by atoms with Crippen molar-refractivity contribution < 1.29 is 37.3 Å². The molecule has 6 rings (SSSR count). The number of carboxylic acid groups (broad SMARTS) is 1. The van der Waals surface area contributed by atoms with Gasteiger partial charge >= 0.3 is 12.3 Å². The average molecular weight is 630 g/mol.